The second kappa shape index (κ2) is 6.48. The monoisotopic (exact) mass is 290 g/mol. The predicted molar refractivity (Wildman–Crippen MR) is 84.2 cm³/mol. The first-order chi connectivity index (χ1) is 9.91. The maximum Gasteiger partial charge on any atom is 0.407 e. The molecule has 1 atom stereocenters. The van der Waals surface area contributed by atoms with Crippen LogP contribution in [0.2, 0.25) is 0 Å². The fourth-order valence-electron chi connectivity index (χ4n) is 2.86. The fourth-order valence-corrected chi connectivity index (χ4v) is 2.86. The summed E-state index contributed by atoms with van der Waals surface area (Å²) in [5.41, 5.74) is 0.830. The van der Waals surface area contributed by atoms with Crippen LogP contribution >= 0.6 is 0 Å². The molecule has 0 radical (unpaired) electrons. The van der Waals surface area contributed by atoms with Gasteiger partial charge in [0, 0.05) is 12.1 Å². The average molecular weight is 290 g/mol. The number of amides is 1. The third-order valence-corrected chi connectivity index (χ3v) is 3.79. The Bertz CT molecular complexity index is 459. The lowest BCUT2D eigenvalue weighted by Gasteiger charge is -2.30. The zero-order valence-corrected chi connectivity index (χ0v) is 13.2. The Morgan fingerprint density at radius 3 is 2.62 bits per heavy atom. The molecule has 0 aliphatic carbocycles. The summed E-state index contributed by atoms with van der Waals surface area (Å²) in [5.74, 6) is 0. The topological polar surface area (TPSA) is 50.4 Å². The van der Waals surface area contributed by atoms with Crippen LogP contribution in [0.15, 0.2) is 30.3 Å². The molecule has 0 saturated carbocycles. The van der Waals surface area contributed by atoms with Crippen LogP contribution in [0.25, 0.3) is 0 Å². The Labute approximate surface area is 127 Å². The van der Waals surface area contributed by atoms with Gasteiger partial charge >= 0.3 is 6.09 Å². The van der Waals surface area contributed by atoms with Crippen molar-refractivity contribution < 1.29 is 9.53 Å². The van der Waals surface area contributed by atoms with Crippen LogP contribution in [-0.4, -0.2) is 24.8 Å². The van der Waals surface area contributed by atoms with Crippen LogP contribution in [0.4, 0.5) is 4.79 Å². The lowest BCUT2D eigenvalue weighted by molar-refractivity contribution is 0.0523. The summed E-state index contributed by atoms with van der Waals surface area (Å²) in [6, 6.07) is 10.5. The number of ether oxygens (including phenoxy) is 1. The van der Waals surface area contributed by atoms with Crippen molar-refractivity contribution >= 4 is 6.09 Å². The molecular formula is C17H26N2O2. The van der Waals surface area contributed by atoms with Gasteiger partial charge < -0.3 is 15.4 Å². The molecule has 4 nitrogen and oxygen atoms in total. The molecule has 4 heteroatoms. The standard InChI is InChI=1S/C17H26N2O2/c1-16(2,3)21-15(20)18-13-11-17(10-7-12-19-17)14-8-5-4-6-9-14/h4-6,8-9,19H,7,10-13H2,1-3H3,(H,18,20). The Morgan fingerprint density at radius 2 is 2.05 bits per heavy atom. The zero-order valence-electron chi connectivity index (χ0n) is 13.2. The van der Waals surface area contributed by atoms with E-state index in [1.807, 2.05) is 26.8 Å². The van der Waals surface area contributed by atoms with Crippen molar-refractivity contribution in [3.63, 3.8) is 0 Å². The lowest BCUT2D eigenvalue weighted by Crippen LogP contribution is -2.41. The summed E-state index contributed by atoms with van der Waals surface area (Å²) in [5, 5.41) is 6.48. The third kappa shape index (κ3) is 4.46. The fraction of sp³-hybridized carbons (Fsp3) is 0.588. The van der Waals surface area contributed by atoms with Gasteiger partial charge in [-0.3, -0.25) is 0 Å². The average Bonchev–Trinajstić information content (AvgIpc) is 2.88. The number of benzene rings is 1. The first kappa shape index (κ1) is 15.8. The molecule has 2 rings (SSSR count). The summed E-state index contributed by atoms with van der Waals surface area (Å²) in [6.07, 6.45) is 2.80. The number of hydrogen-bond donors (Lipinski definition) is 2. The van der Waals surface area contributed by atoms with E-state index < -0.39 is 5.60 Å². The van der Waals surface area contributed by atoms with E-state index in [0.717, 1.165) is 19.4 Å². The minimum atomic E-state index is -0.452. The number of rotatable bonds is 4. The smallest absolute Gasteiger partial charge is 0.407 e. The van der Waals surface area contributed by atoms with Crippen molar-refractivity contribution in [2.45, 2.75) is 51.2 Å². The molecule has 1 aromatic carbocycles. The molecule has 2 N–H and O–H groups in total. The van der Waals surface area contributed by atoms with Gasteiger partial charge in [0.2, 0.25) is 0 Å². The van der Waals surface area contributed by atoms with Gasteiger partial charge in [0.1, 0.15) is 5.60 Å². The molecule has 0 aromatic heterocycles. The Hall–Kier alpha value is -1.55. The zero-order chi connectivity index (χ0) is 15.3. The van der Waals surface area contributed by atoms with Crippen LogP contribution in [0.5, 0.6) is 0 Å². The molecule has 1 fully saturated rings. The van der Waals surface area contributed by atoms with Gasteiger partial charge in [0.05, 0.1) is 0 Å². The van der Waals surface area contributed by atoms with Gasteiger partial charge in [0.25, 0.3) is 0 Å². The van der Waals surface area contributed by atoms with E-state index >= 15 is 0 Å². The molecule has 1 aliphatic heterocycles. The number of carbonyl (C=O) groups excluding carboxylic acids is 1. The normalized spacial score (nSPS) is 22.0. The highest BCUT2D eigenvalue weighted by atomic mass is 16.6. The molecule has 21 heavy (non-hydrogen) atoms. The lowest BCUT2D eigenvalue weighted by atomic mass is 9.85. The summed E-state index contributed by atoms with van der Waals surface area (Å²) in [7, 11) is 0. The molecular weight excluding hydrogens is 264 g/mol. The molecule has 1 aliphatic rings. The Kier molecular flexibility index (Phi) is 4.88. The minimum Gasteiger partial charge on any atom is -0.444 e. The molecule has 1 unspecified atom stereocenters. The molecule has 1 heterocycles. The van der Waals surface area contributed by atoms with E-state index in [-0.39, 0.29) is 11.6 Å². The first-order valence-electron chi connectivity index (χ1n) is 7.69. The molecule has 1 aromatic rings. The van der Waals surface area contributed by atoms with Crippen LogP contribution in [0.3, 0.4) is 0 Å². The summed E-state index contributed by atoms with van der Waals surface area (Å²) in [6.45, 7) is 7.25. The van der Waals surface area contributed by atoms with Crippen molar-refractivity contribution in [1.29, 1.82) is 0 Å². The SMILES string of the molecule is CC(C)(C)OC(=O)NCCC1(c2ccccc2)CCCN1. The van der Waals surface area contributed by atoms with Crippen molar-refractivity contribution in [2.75, 3.05) is 13.1 Å². The number of alkyl carbamates (subject to hydrolysis) is 1. The summed E-state index contributed by atoms with van der Waals surface area (Å²) in [4.78, 5) is 11.7. The number of nitrogens with one attached hydrogen (secondary N) is 2. The predicted octanol–water partition coefficient (Wildman–Crippen LogP) is 3.18. The van der Waals surface area contributed by atoms with E-state index in [1.54, 1.807) is 0 Å². The molecule has 0 bridgehead atoms. The highest BCUT2D eigenvalue weighted by Gasteiger charge is 2.34. The molecule has 116 valence electrons. The van der Waals surface area contributed by atoms with Gasteiger partial charge in [-0.25, -0.2) is 4.79 Å². The van der Waals surface area contributed by atoms with Crippen LogP contribution in [0.1, 0.15) is 45.6 Å². The quantitative estimate of drug-likeness (QED) is 0.895. The van der Waals surface area contributed by atoms with Crippen molar-refractivity contribution in [1.82, 2.24) is 10.6 Å². The van der Waals surface area contributed by atoms with Gasteiger partial charge in [0.15, 0.2) is 0 Å². The third-order valence-electron chi connectivity index (χ3n) is 3.79. The van der Waals surface area contributed by atoms with E-state index in [1.165, 1.54) is 12.0 Å². The highest BCUT2D eigenvalue weighted by molar-refractivity contribution is 5.67. The second-order valence-corrected chi connectivity index (χ2v) is 6.66. The van der Waals surface area contributed by atoms with E-state index in [4.69, 9.17) is 4.74 Å². The van der Waals surface area contributed by atoms with Crippen molar-refractivity contribution in [3.8, 4) is 0 Å². The number of hydrogen-bond acceptors (Lipinski definition) is 3. The van der Waals surface area contributed by atoms with Gasteiger partial charge in [-0.15, -0.1) is 0 Å². The summed E-state index contributed by atoms with van der Waals surface area (Å²) >= 11 is 0. The van der Waals surface area contributed by atoms with E-state index in [2.05, 4.69) is 34.9 Å². The van der Waals surface area contributed by atoms with Crippen LogP contribution in [-0.2, 0) is 10.3 Å². The number of carbonyl (C=O) groups is 1. The van der Waals surface area contributed by atoms with Gasteiger partial charge in [-0.2, -0.15) is 0 Å². The van der Waals surface area contributed by atoms with Gasteiger partial charge in [-0.05, 0) is 52.1 Å². The highest BCUT2D eigenvalue weighted by Crippen LogP contribution is 2.33. The first-order valence-corrected chi connectivity index (χ1v) is 7.69. The minimum absolute atomic E-state index is 0.0176. The maximum atomic E-state index is 11.7. The molecule has 0 spiro atoms. The van der Waals surface area contributed by atoms with E-state index in [9.17, 15) is 4.79 Å². The molecule has 1 amide bonds. The van der Waals surface area contributed by atoms with Crippen LogP contribution < -0.4 is 10.6 Å². The molecule has 1 saturated heterocycles. The Balaban J connectivity index is 1.92. The largest absolute Gasteiger partial charge is 0.444 e. The van der Waals surface area contributed by atoms with Crippen molar-refractivity contribution in [2.24, 2.45) is 0 Å². The van der Waals surface area contributed by atoms with E-state index in [0.29, 0.717) is 6.54 Å². The van der Waals surface area contributed by atoms with Gasteiger partial charge in [-0.1, -0.05) is 30.3 Å². The maximum absolute atomic E-state index is 11.7. The van der Waals surface area contributed by atoms with Crippen molar-refractivity contribution in [3.05, 3.63) is 35.9 Å². The van der Waals surface area contributed by atoms with Crippen LogP contribution in [0, 0.1) is 0 Å². The summed E-state index contributed by atoms with van der Waals surface area (Å²) < 4.78 is 5.27. The Morgan fingerprint density at radius 1 is 1.33 bits per heavy atom. The second-order valence-electron chi connectivity index (χ2n) is 6.66.